The van der Waals surface area contributed by atoms with Gasteiger partial charge in [0.05, 0.1) is 11.5 Å². The highest BCUT2D eigenvalue weighted by Gasteiger charge is 2.33. The number of aromatic nitrogens is 1. The summed E-state index contributed by atoms with van der Waals surface area (Å²) >= 11 is 1.12. The summed E-state index contributed by atoms with van der Waals surface area (Å²) in [6, 6.07) is 3.52. The first-order valence-electron chi connectivity index (χ1n) is 15.1. The Hall–Kier alpha value is -3.48. The zero-order valence-corrected chi connectivity index (χ0v) is 27.0. The molecule has 0 saturated heterocycles. The molecule has 0 radical (unpaired) electrons. The van der Waals surface area contributed by atoms with Gasteiger partial charge in [-0.15, -0.1) is 11.3 Å². The van der Waals surface area contributed by atoms with Crippen molar-refractivity contribution < 1.29 is 42.2 Å². The summed E-state index contributed by atoms with van der Waals surface area (Å²) in [5.74, 6) is -2.35. The zero-order valence-electron chi connectivity index (χ0n) is 26.2. The lowest BCUT2D eigenvalue weighted by molar-refractivity contribution is -0.148. The van der Waals surface area contributed by atoms with Gasteiger partial charge in [-0.25, -0.2) is 4.98 Å². The van der Waals surface area contributed by atoms with Crippen molar-refractivity contribution in [3.8, 4) is 0 Å². The lowest BCUT2D eigenvalue weighted by Gasteiger charge is -2.33. The number of carboxylic acids is 1. The second-order valence-electron chi connectivity index (χ2n) is 12.2. The lowest BCUT2D eigenvalue weighted by atomic mass is 9.95. The Kier molecular flexibility index (Phi) is 12.5. The van der Waals surface area contributed by atoms with Crippen molar-refractivity contribution in [2.45, 2.75) is 97.0 Å². The molecule has 0 spiro atoms. The molecular formula is C32H42F3N3O6S. The second-order valence-corrected chi connectivity index (χ2v) is 13.1. The van der Waals surface area contributed by atoms with Gasteiger partial charge in [-0.3, -0.25) is 19.2 Å². The van der Waals surface area contributed by atoms with Crippen LogP contribution in [0.2, 0.25) is 0 Å². The first kappa shape index (κ1) is 36.0. The van der Waals surface area contributed by atoms with Crippen LogP contribution in [0.15, 0.2) is 29.6 Å². The fraction of sp³-hybridized carbons (Fsp3) is 0.594. The minimum atomic E-state index is -4.49. The topological polar surface area (TPSA) is 126 Å². The molecule has 2 aromatic rings. The van der Waals surface area contributed by atoms with E-state index in [0.29, 0.717) is 22.9 Å². The first-order chi connectivity index (χ1) is 21.0. The number of esters is 1. The van der Waals surface area contributed by atoms with Crippen LogP contribution in [0.3, 0.4) is 0 Å². The fourth-order valence-electron chi connectivity index (χ4n) is 5.23. The minimum absolute atomic E-state index is 0.0241. The van der Waals surface area contributed by atoms with Crippen LogP contribution in [0.4, 0.5) is 13.2 Å². The summed E-state index contributed by atoms with van der Waals surface area (Å²) in [4.78, 5) is 56.0. The molecular weight excluding hydrogens is 611 g/mol. The van der Waals surface area contributed by atoms with Gasteiger partial charge in [0.25, 0.3) is 5.91 Å². The number of thiazole rings is 1. The number of nitrogens with one attached hydrogen (secondary N) is 1. The number of carboxylic acid groups (broad SMARTS) is 1. The highest BCUT2D eigenvalue weighted by Crippen LogP contribution is 2.35. The van der Waals surface area contributed by atoms with E-state index in [-0.39, 0.29) is 42.8 Å². The van der Waals surface area contributed by atoms with Crippen molar-refractivity contribution >= 4 is 35.1 Å². The molecule has 1 aliphatic carbocycles. The Bertz CT molecular complexity index is 1330. The molecule has 4 unspecified atom stereocenters. The molecule has 45 heavy (non-hydrogen) atoms. The summed E-state index contributed by atoms with van der Waals surface area (Å²) in [7, 11) is 1.75. The number of nitrogens with zero attached hydrogens (tertiary/aromatic N) is 2. The molecule has 1 fully saturated rings. The lowest BCUT2D eigenvalue weighted by Crippen LogP contribution is -2.41. The van der Waals surface area contributed by atoms with E-state index in [1.807, 2.05) is 13.8 Å². The first-order valence-corrected chi connectivity index (χ1v) is 16.0. The van der Waals surface area contributed by atoms with Gasteiger partial charge in [0.1, 0.15) is 10.7 Å². The number of amides is 2. The highest BCUT2D eigenvalue weighted by atomic mass is 32.1. The molecule has 4 atom stereocenters. The predicted octanol–water partition coefficient (Wildman–Crippen LogP) is 6.28. The van der Waals surface area contributed by atoms with Gasteiger partial charge in [0, 0.05) is 44.3 Å². The molecule has 0 aliphatic heterocycles. The third-order valence-electron chi connectivity index (χ3n) is 8.08. The molecule has 13 heteroatoms. The van der Waals surface area contributed by atoms with E-state index in [1.165, 1.54) is 31.4 Å². The Morgan fingerprint density at radius 3 is 2.29 bits per heavy atom. The van der Waals surface area contributed by atoms with Gasteiger partial charge in [0.15, 0.2) is 6.10 Å². The van der Waals surface area contributed by atoms with E-state index in [9.17, 15) is 37.5 Å². The molecule has 0 bridgehead atoms. The predicted molar refractivity (Wildman–Crippen MR) is 162 cm³/mol. The summed E-state index contributed by atoms with van der Waals surface area (Å²) in [6.07, 6.45) is -1.25. The van der Waals surface area contributed by atoms with E-state index in [2.05, 4.69) is 10.3 Å². The van der Waals surface area contributed by atoms with Crippen molar-refractivity contribution in [3.05, 3.63) is 51.5 Å². The van der Waals surface area contributed by atoms with Crippen LogP contribution in [0.25, 0.3) is 0 Å². The minimum Gasteiger partial charge on any atom is -0.481 e. The molecule has 3 rings (SSSR count). The van der Waals surface area contributed by atoms with Gasteiger partial charge in [0.2, 0.25) is 5.91 Å². The monoisotopic (exact) mass is 653 g/mol. The van der Waals surface area contributed by atoms with Crippen LogP contribution in [0, 0.1) is 17.8 Å². The summed E-state index contributed by atoms with van der Waals surface area (Å²) in [5.41, 5.74) is -0.283. The number of benzene rings is 1. The van der Waals surface area contributed by atoms with Gasteiger partial charge in [-0.05, 0) is 48.8 Å². The van der Waals surface area contributed by atoms with E-state index in [1.54, 1.807) is 11.9 Å². The molecule has 1 saturated carbocycles. The zero-order chi connectivity index (χ0) is 33.5. The van der Waals surface area contributed by atoms with Crippen molar-refractivity contribution in [2.75, 3.05) is 7.05 Å². The standard InChI is InChI=1S/C32H42F3N3O6S/c1-18(2)26(38(5)28(40)13-10-21-6-7-21)16-27(44-20(4)39)30-37-25(17-45-30)29(41)36-24(14-19(3)31(42)43)15-22-8-11-23(12-9-22)32(33,34)35/h8-9,11-12,17-19,21,24,26-27H,6-7,10,13-16H2,1-5H3,(H,36,41)(H,42,43). The van der Waals surface area contributed by atoms with Crippen LogP contribution in [0.5, 0.6) is 0 Å². The van der Waals surface area contributed by atoms with E-state index in [0.717, 1.165) is 42.7 Å². The Labute approximate surface area is 265 Å². The average Bonchev–Trinajstić information content (AvgIpc) is 3.65. The van der Waals surface area contributed by atoms with Crippen LogP contribution < -0.4 is 5.32 Å². The highest BCUT2D eigenvalue weighted by molar-refractivity contribution is 7.09. The summed E-state index contributed by atoms with van der Waals surface area (Å²) in [6.45, 7) is 6.72. The number of rotatable bonds is 16. The molecule has 1 aromatic heterocycles. The number of alkyl halides is 3. The number of carbonyl (C=O) groups is 4. The molecule has 1 aliphatic rings. The largest absolute Gasteiger partial charge is 0.481 e. The van der Waals surface area contributed by atoms with Crippen LogP contribution in [-0.2, 0) is 31.7 Å². The number of ether oxygens (including phenoxy) is 1. The van der Waals surface area contributed by atoms with Crippen molar-refractivity contribution in [1.29, 1.82) is 0 Å². The normalized spacial score (nSPS) is 16.0. The number of hydrogen-bond acceptors (Lipinski definition) is 7. The molecule has 1 aromatic carbocycles. The molecule has 2 amide bonds. The maximum absolute atomic E-state index is 13.3. The molecule has 248 valence electrons. The summed E-state index contributed by atoms with van der Waals surface area (Å²) in [5, 5.41) is 14.1. The molecule has 9 nitrogen and oxygen atoms in total. The maximum atomic E-state index is 13.3. The van der Waals surface area contributed by atoms with Crippen LogP contribution in [0.1, 0.15) is 98.9 Å². The smallest absolute Gasteiger partial charge is 0.416 e. The number of halogens is 3. The number of aliphatic carboxylic acids is 1. The Morgan fingerprint density at radius 2 is 1.76 bits per heavy atom. The van der Waals surface area contributed by atoms with E-state index < -0.39 is 47.6 Å². The van der Waals surface area contributed by atoms with E-state index >= 15 is 0 Å². The van der Waals surface area contributed by atoms with E-state index in [4.69, 9.17) is 4.74 Å². The fourth-order valence-corrected chi connectivity index (χ4v) is 6.07. The van der Waals surface area contributed by atoms with Crippen molar-refractivity contribution in [2.24, 2.45) is 17.8 Å². The third kappa shape index (κ3) is 11.1. The van der Waals surface area contributed by atoms with Gasteiger partial charge in [-0.2, -0.15) is 13.2 Å². The van der Waals surface area contributed by atoms with Crippen molar-refractivity contribution in [3.63, 3.8) is 0 Å². The Balaban J connectivity index is 1.76. The SMILES string of the molecule is CC(=O)OC(CC(C(C)C)N(C)C(=O)CCC1CC1)c1nc(C(=O)NC(Cc2ccc(C(F)(F)F)cc2)CC(C)C(=O)O)cs1. The van der Waals surface area contributed by atoms with Gasteiger partial charge < -0.3 is 20.1 Å². The maximum Gasteiger partial charge on any atom is 0.416 e. The third-order valence-corrected chi connectivity index (χ3v) is 9.01. The molecule has 1 heterocycles. The van der Waals surface area contributed by atoms with Crippen molar-refractivity contribution in [1.82, 2.24) is 15.2 Å². The molecule has 2 N–H and O–H groups in total. The number of hydrogen-bond donors (Lipinski definition) is 2. The summed E-state index contributed by atoms with van der Waals surface area (Å²) < 4.78 is 44.6. The van der Waals surface area contributed by atoms with Crippen LogP contribution >= 0.6 is 11.3 Å². The Morgan fingerprint density at radius 1 is 1.11 bits per heavy atom. The van der Waals surface area contributed by atoms with Crippen LogP contribution in [-0.4, -0.2) is 57.9 Å². The van der Waals surface area contributed by atoms with Gasteiger partial charge in [-0.1, -0.05) is 45.7 Å². The second kappa shape index (κ2) is 15.7. The van der Waals surface area contributed by atoms with Gasteiger partial charge >= 0.3 is 18.1 Å². The quantitative estimate of drug-likeness (QED) is 0.204. The number of carbonyl (C=O) groups excluding carboxylic acids is 3. The average molecular weight is 654 g/mol.